The van der Waals surface area contributed by atoms with Gasteiger partial charge in [0, 0.05) is 31.9 Å². The summed E-state index contributed by atoms with van der Waals surface area (Å²) in [7, 11) is 1.83. The van der Waals surface area contributed by atoms with Gasteiger partial charge < -0.3 is 4.90 Å². The van der Waals surface area contributed by atoms with Gasteiger partial charge in [0.15, 0.2) is 17.9 Å². The Kier molecular flexibility index (Phi) is 3.98. The first-order valence-electron chi connectivity index (χ1n) is 7.56. The maximum absolute atomic E-state index is 14.0. The van der Waals surface area contributed by atoms with Crippen LogP contribution in [0.5, 0.6) is 0 Å². The molecule has 3 heterocycles. The zero-order chi connectivity index (χ0) is 16.6. The first-order chi connectivity index (χ1) is 11.0. The number of halogens is 1. The highest BCUT2D eigenvalue weighted by atomic mass is 19.1. The van der Waals surface area contributed by atoms with Gasteiger partial charge in [-0.25, -0.2) is 9.37 Å². The molecular weight excluding hydrogens is 295 g/mol. The molecule has 1 aliphatic rings. The summed E-state index contributed by atoms with van der Waals surface area (Å²) in [4.78, 5) is 17.2. The van der Waals surface area contributed by atoms with Crippen LogP contribution < -0.4 is 4.90 Å². The summed E-state index contributed by atoms with van der Waals surface area (Å²) in [6.45, 7) is 5.25. The third kappa shape index (κ3) is 2.65. The highest BCUT2D eigenvalue weighted by Crippen LogP contribution is 2.31. The molecular formula is C17H19FN4O. The summed E-state index contributed by atoms with van der Waals surface area (Å²) in [6.07, 6.45) is 3.20. The highest BCUT2D eigenvalue weighted by molar-refractivity contribution is 5.81. The summed E-state index contributed by atoms with van der Waals surface area (Å²) in [6, 6.07) is 3.01. The van der Waals surface area contributed by atoms with Crippen molar-refractivity contribution >= 4 is 17.7 Å². The van der Waals surface area contributed by atoms with E-state index in [1.165, 1.54) is 11.6 Å². The zero-order valence-corrected chi connectivity index (χ0v) is 13.5. The van der Waals surface area contributed by atoms with Crippen LogP contribution in [0.1, 0.15) is 35.1 Å². The molecule has 0 spiro atoms. The minimum Gasteiger partial charge on any atom is -0.349 e. The van der Waals surface area contributed by atoms with E-state index in [0.717, 1.165) is 36.1 Å². The molecule has 0 bridgehead atoms. The molecule has 0 fully saturated rings. The van der Waals surface area contributed by atoms with E-state index >= 15 is 0 Å². The first kappa shape index (κ1) is 15.4. The first-order valence-corrected chi connectivity index (χ1v) is 7.56. The van der Waals surface area contributed by atoms with Crippen molar-refractivity contribution in [1.82, 2.24) is 14.8 Å². The highest BCUT2D eigenvalue weighted by Gasteiger charge is 2.25. The third-order valence-corrected chi connectivity index (χ3v) is 4.38. The molecule has 23 heavy (non-hydrogen) atoms. The van der Waals surface area contributed by atoms with E-state index in [9.17, 15) is 9.18 Å². The second-order valence-electron chi connectivity index (χ2n) is 5.84. The molecule has 0 saturated heterocycles. The van der Waals surface area contributed by atoms with Gasteiger partial charge in [0.1, 0.15) is 5.69 Å². The molecule has 0 atom stereocenters. The van der Waals surface area contributed by atoms with Gasteiger partial charge in [0.25, 0.3) is 0 Å². The fraction of sp³-hybridized carbons (Fsp3) is 0.353. The minimum atomic E-state index is -0.318. The standard InChI is InChI=1S/C17H19FN4O/c1-11-6-8-22(17-14(18)5-4-7-19-17)9-13(11)16-12(2)15(10-23)20-21(16)3/h4-5,7,10H,6,8-9H2,1-3H3. The predicted molar refractivity (Wildman–Crippen MR) is 87.0 cm³/mol. The molecule has 0 saturated carbocycles. The van der Waals surface area contributed by atoms with Crippen molar-refractivity contribution in [2.24, 2.45) is 7.05 Å². The van der Waals surface area contributed by atoms with Crippen LogP contribution in [-0.4, -0.2) is 34.1 Å². The number of anilines is 1. The van der Waals surface area contributed by atoms with Crippen LogP contribution in [0, 0.1) is 12.7 Å². The average Bonchev–Trinajstić information content (AvgIpc) is 2.83. The Labute approximate surface area is 134 Å². The van der Waals surface area contributed by atoms with E-state index in [0.29, 0.717) is 18.1 Å². The molecule has 3 rings (SSSR count). The van der Waals surface area contributed by atoms with Gasteiger partial charge in [0.05, 0.1) is 5.69 Å². The summed E-state index contributed by atoms with van der Waals surface area (Å²) >= 11 is 0. The van der Waals surface area contributed by atoms with Gasteiger partial charge >= 0.3 is 0 Å². The summed E-state index contributed by atoms with van der Waals surface area (Å²) in [5.41, 5.74) is 4.57. The second kappa shape index (κ2) is 5.95. The molecule has 2 aromatic rings. The van der Waals surface area contributed by atoms with Crippen LogP contribution in [0.4, 0.5) is 10.2 Å². The third-order valence-electron chi connectivity index (χ3n) is 4.38. The number of pyridine rings is 1. The fourth-order valence-electron chi connectivity index (χ4n) is 3.11. The predicted octanol–water partition coefficient (Wildman–Crippen LogP) is 2.76. The van der Waals surface area contributed by atoms with Gasteiger partial charge in [-0.05, 0) is 38.0 Å². The van der Waals surface area contributed by atoms with Gasteiger partial charge in [-0.15, -0.1) is 0 Å². The van der Waals surface area contributed by atoms with E-state index in [2.05, 4.69) is 17.0 Å². The number of aldehydes is 1. The Balaban J connectivity index is 2.01. The Morgan fingerprint density at radius 3 is 2.78 bits per heavy atom. The number of nitrogens with zero attached hydrogens (tertiary/aromatic N) is 4. The van der Waals surface area contributed by atoms with Crippen LogP contribution in [0.25, 0.3) is 5.57 Å². The summed E-state index contributed by atoms with van der Waals surface area (Å²) in [5, 5.41) is 4.26. The van der Waals surface area contributed by atoms with E-state index in [1.807, 2.05) is 18.9 Å². The van der Waals surface area contributed by atoms with E-state index in [-0.39, 0.29) is 5.82 Å². The zero-order valence-electron chi connectivity index (χ0n) is 13.5. The topological polar surface area (TPSA) is 51.0 Å². The summed E-state index contributed by atoms with van der Waals surface area (Å²) < 4.78 is 15.8. The van der Waals surface area contributed by atoms with Crippen LogP contribution in [0.2, 0.25) is 0 Å². The quantitative estimate of drug-likeness (QED) is 0.818. The second-order valence-corrected chi connectivity index (χ2v) is 5.84. The molecule has 0 N–H and O–H groups in total. The van der Waals surface area contributed by atoms with Gasteiger partial charge in [0.2, 0.25) is 0 Å². The van der Waals surface area contributed by atoms with Crippen LogP contribution in [-0.2, 0) is 7.05 Å². The molecule has 2 aromatic heterocycles. The Bertz CT molecular complexity index is 794. The Hall–Kier alpha value is -2.50. The van der Waals surface area contributed by atoms with Crippen LogP contribution >= 0.6 is 0 Å². The van der Waals surface area contributed by atoms with Gasteiger partial charge in [-0.2, -0.15) is 5.10 Å². The lowest BCUT2D eigenvalue weighted by Gasteiger charge is -2.31. The van der Waals surface area contributed by atoms with Crippen molar-refractivity contribution in [2.45, 2.75) is 20.3 Å². The van der Waals surface area contributed by atoms with Crippen molar-refractivity contribution in [3.8, 4) is 0 Å². The molecule has 6 heteroatoms. The molecule has 0 aliphatic carbocycles. The molecule has 120 valence electrons. The largest absolute Gasteiger partial charge is 0.349 e. The number of aromatic nitrogens is 3. The number of rotatable bonds is 3. The molecule has 0 unspecified atom stereocenters. The van der Waals surface area contributed by atoms with Crippen molar-refractivity contribution in [3.05, 3.63) is 46.7 Å². The minimum absolute atomic E-state index is 0.318. The SMILES string of the molecule is CC1=C(c2c(C)c(C=O)nn2C)CN(c2ncccc2F)CC1. The number of carbonyl (C=O) groups is 1. The number of hydrogen-bond acceptors (Lipinski definition) is 4. The lowest BCUT2D eigenvalue weighted by molar-refractivity contribution is 0.111. The normalized spacial score (nSPS) is 15.2. The fourth-order valence-corrected chi connectivity index (χ4v) is 3.11. The van der Waals surface area contributed by atoms with Crippen LogP contribution in [0.3, 0.4) is 0 Å². The Morgan fingerprint density at radius 1 is 1.35 bits per heavy atom. The number of aryl methyl sites for hydroxylation is 1. The molecule has 0 radical (unpaired) electrons. The van der Waals surface area contributed by atoms with Gasteiger partial charge in [-0.3, -0.25) is 9.48 Å². The van der Waals surface area contributed by atoms with Crippen molar-refractivity contribution < 1.29 is 9.18 Å². The Morgan fingerprint density at radius 2 is 2.13 bits per heavy atom. The number of hydrogen-bond donors (Lipinski definition) is 0. The van der Waals surface area contributed by atoms with E-state index in [4.69, 9.17) is 0 Å². The molecule has 5 nitrogen and oxygen atoms in total. The monoisotopic (exact) mass is 314 g/mol. The lowest BCUT2D eigenvalue weighted by atomic mass is 9.96. The van der Waals surface area contributed by atoms with Gasteiger partial charge in [-0.1, -0.05) is 5.57 Å². The lowest BCUT2D eigenvalue weighted by Crippen LogP contribution is -2.32. The molecule has 0 aromatic carbocycles. The maximum atomic E-state index is 14.0. The molecule has 1 aliphatic heterocycles. The van der Waals surface area contributed by atoms with Crippen LogP contribution in [0.15, 0.2) is 23.9 Å². The molecule has 0 amide bonds. The van der Waals surface area contributed by atoms with Crippen molar-refractivity contribution in [1.29, 1.82) is 0 Å². The van der Waals surface area contributed by atoms with E-state index < -0.39 is 0 Å². The average molecular weight is 314 g/mol. The van der Waals surface area contributed by atoms with Crippen molar-refractivity contribution in [2.75, 3.05) is 18.0 Å². The summed E-state index contributed by atoms with van der Waals surface area (Å²) in [5.74, 6) is 0.0506. The van der Waals surface area contributed by atoms with E-state index in [1.54, 1.807) is 16.9 Å². The maximum Gasteiger partial charge on any atom is 0.170 e. The smallest absolute Gasteiger partial charge is 0.170 e. The number of carbonyl (C=O) groups excluding carboxylic acids is 1. The van der Waals surface area contributed by atoms with Crippen molar-refractivity contribution in [3.63, 3.8) is 0 Å².